The first-order chi connectivity index (χ1) is 12.2. The van der Waals surface area contributed by atoms with Crippen LogP contribution in [0.4, 0.5) is 26.3 Å². The summed E-state index contributed by atoms with van der Waals surface area (Å²) in [6, 6.07) is 2.66. The topological polar surface area (TPSA) is 34.4 Å². The first-order valence-electron chi connectivity index (χ1n) is 7.67. The lowest BCUT2D eigenvalue weighted by Crippen LogP contribution is -2.27. The summed E-state index contributed by atoms with van der Waals surface area (Å²) in [7, 11) is 0. The molecule has 0 saturated heterocycles. The zero-order chi connectivity index (χ0) is 19.1. The van der Waals surface area contributed by atoms with Crippen molar-refractivity contribution in [1.29, 1.82) is 0 Å². The fourth-order valence-electron chi connectivity index (χ4n) is 2.48. The molecule has 0 N–H and O–H groups in total. The molecule has 1 aliphatic rings. The van der Waals surface area contributed by atoms with Crippen LogP contribution in [0.15, 0.2) is 35.5 Å². The zero-order valence-electron chi connectivity index (χ0n) is 13.2. The van der Waals surface area contributed by atoms with Gasteiger partial charge in [0.2, 0.25) is 0 Å². The molecule has 1 aromatic carbocycles. The molecule has 0 radical (unpaired) electrons. The van der Waals surface area contributed by atoms with E-state index < -0.39 is 46.1 Å². The summed E-state index contributed by atoms with van der Waals surface area (Å²) in [5, 5.41) is 0. The molecule has 0 spiro atoms. The Labute approximate surface area is 143 Å². The van der Waals surface area contributed by atoms with Gasteiger partial charge in [-0.25, -0.2) is 13.2 Å². The van der Waals surface area contributed by atoms with Gasteiger partial charge in [0.15, 0.2) is 11.3 Å². The number of amides is 1. The minimum atomic E-state index is -4.99. The van der Waals surface area contributed by atoms with Crippen LogP contribution in [0.2, 0.25) is 0 Å². The van der Waals surface area contributed by atoms with Gasteiger partial charge in [0.05, 0.1) is 11.1 Å². The van der Waals surface area contributed by atoms with Crippen molar-refractivity contribution in [3.05, 3.63) is 64.5 Å². The normalized spacial score (nSPS) is 15.4. The maximum Gasteiger partial charge on any atom is 0.419 e. The summed E-state index contributed by atoms with van der Waals surface area (Å²) in [4.78, 5) is 15.6. The number of hydrogen-bond donors (Lipinski definition) is 0. The predicted molar refractivity (Wildman–Crippen MR) is 78.4 cm³/mol. The van der Waals surface area contributed by atoms with Gasteiger partial charge in [-0.3, -0.25) is 4.79 Å². The van der Waals surface area contributed by atoms with Crippen molar-refractivity contribution < 1.29 is 31.1 Å². The molecule has 26 heavy (non-hydrogen) atoms. The Morgan fingerprint density at radius 1 is 1.19 bits per heavy atom. The molecule has 0 bridgehead atoms. The fraction of sp³-hybridized carbons (Fsp3) is 0.294. The molecular weight excluding hydrogens is 362 g/mol. The molecule has 1 aromatic heterocycles. The fourth-order valence-corrected chi connectivity index (χ4v) is 2.48. The van der Waals surface area contributed by atoms with E-state index in [1.54, 1.807) is 0 Å². The van der Waals surface area contributed by atoms with Gasteiger partial charge in [-0.15, -0.1) is 0 Å². The summed E-state index contributed by atoms with van der Waals surface area (Å²) in [5.41, 5.74) is -3.12. The van der Waals surface area contributed by atoms with Gasteiger partial charge in [0.1, 0.15) is 11.6 Å². The molecule has 1 amide bonds. The standard InChI is InChI=1S/C17H12F6N2O/c18-10-6-13(19)15(25(8-10)7-9-4-5-9)24-16(26)11-2-1-3-12(14(11)20)17(21,22)23/h1-3,6,8-9H,4-5,7H2. The molecule has 0 atom stereocenters. The average molecular weight is 374 g/mol. The summed E-state index contributed by atoms with van der Waals surface area (Å²) >= 11 is 0. The molecule has 138 valence electrons. The van der Waals surface area contributed by atoms with E-state index in [1.807, 2.05) is 0 Å². The molecule has 1 fully saturated rings. The lowest BCUT2D eigenvalue weighted by molar-refractivity contribution is -0.140. The first kappa shape index (κ1) is 18.2. The Kier molecular flexibility index (Phi) is 4.64. The van der Waals surface area contributed by atoms with Gasteiger partial charge in [0.25, 0.3) is 5.91 Å². The van der Waals surface area contributed by atoms with Crippen LogP contribution >= 0.6 is 0 Å². The van der Waals surface area contributed by atoms with Gasteiger partial charge < -0.3 is 4.57 Å². The van der Waals surface area contributed by atoms with Crippen LogP contribution in [-0.4, -0.2) is 10.5 Å². The Bertz CT molecular complexity index is 928. The summed E-state index contributed by atoms with van der Waals surface area (Å²) < 4.78 is 80.8. The van der Waals surface area contributed by atoms with Crippen molar-refractivity contribution in [1.82, 2.24) is 4.57 Å². The van der Waals surface area contributed by atoms with Crippen LogP contribution in [0.25, 0.3) is 0 Å². The number of halogens is 6. The number of carbonyl (C=O) groups excluding carboxylic acids is 1. The number of rotatable bonds is 3. The highest BCUT2D eigenvalue weighted by molar-refractivity contribution is 5.95. The first-order valence-corrected chi connectivity index (χ1v) is 7.67. The minimum Gasteiger partial charge on any atom is -0.327 e. The van der Waals surface area contributed by atoms with Crippen molar-refractivity contribution in [3.8, 4) is 0 Å². The SMILES string of the molecule is O=C(N=c1c(F)cc(F)cn1CC1CC1)c1cccc(C(F)(F)F)c1F. The van der Waals surface area contributed by atoms with Gasteiger partial charge in [-0.2, -0.15) is 18.2 Å². The molecule has 0 unspecified atom stereocenters. The lowest BCUT2D eigenvalue weighted by Gasteiger charge is -2.10. The van der Waals surface area contributed by atoms with Crippen molar-refractivity contribution >= 4 is 5.91 Å². The molecular formula is C17H12F6N2O. The van der Waals surface area contributed by atoms with E-state index >= 15 is 0 Å². The number of pyridine rings is 1. The molecule has 1 aliphatic carbocycles. The largest absolute Gasteiger partial charge is 0.419 e. The Balaban J connectivity index is 2.07. The van der Waals surface area contributed by atoms with Crippen molar-refractivity contribution in [2.24, 2.45) is 10.9 Å². The second kappa shape index (κ2) is 6.62. The van der Waals surface area contributed by atoms with Crippen molar-refractivity contribution in [2.45, 2.75) is 25.6 Å². The summed E-state index contributed by atoms with van der Waals surface area (Å²) in [6.07, 6.45) is -2.36. The number of carbonyl (C=O) groups is 1. The van der Waals surface area contributed by atoms with Crippen LogP contribution in [0, 0.1) is 23.4 Å². The van der Waals surface area contributed by atoms with Crippen LogP contribution in [0.1, 0.15) is 28.8 Å². The third-order valence-electron chi connectivity index (χ3n) is 3.92. The van der Waals surface area contributed by atoms with E-state index in [-0.39, 0.29) is 12.5 Å². The van der Waals surface area contributed by atoms with Gasteiger partial charge in [-0.05, 0) is 30.9 Å². The Morgan fingerprint density at radius 3 is 2.50 bits per heavy atom. The zero-order valence-corrected chi connectivity index (χ0v) is 13.2. The minimum absolute atomic E-state index is 0.176. The number of aromatic nitrogens is 1. The molecule has 1 saturated carbocycles. The van der Waals surface area contributed by atoms with E-state index in [9.17, 15) is 31.1 Å². The van der Waals surface area contributed by atoms with Gasteiger partial charge in [0, 0.05) is 18.8 Å². The molecule has 3 rings (SSSR count). The second-order valence-electron chi connectivity index (χ2n) is 6.01. The maximum absolute atomic E-state index is 14.0. The Hall–Kier alpha value is -2.58. The van der Waals surface area contributed by atoms with Crippen LogP contribution < -0.4 is 5.49 Å². The van der Waals surface area contributed by atoms with Crippen molar-refractivity contribution in [2.75, 3.05) is 0 Å². The highest BCUT2D eigenvalue weighted by Gasteiger charge is 2.35. The highest BCUT2D eigenvalue weighted by atomic mass is 19.4. The summed E-state index contributed by atoms with van der Waals surface area (Å²) in [6.45, 7) is 0.200. The number of hydrogen-bond acceptors (Lipinski definition) is 1. The molecule has 2 aromatic rings. The third kappa shape index (κ3) is 3.81. The van der Waals surface area contributed by atoms with Crippen molar-refractivity contribution in [3.63, 3.8) is 0 Å². The van der Waals surface area contributed by atoms with E-state index in [0.29, 0.717) is 12.1 Å². The smallest absolute Gasteiger partial charge is 0.327 e. The Morgan fingerprint density at radius 2 is 1.88 bits per heavy atom. The maximum atomic E-state index is 14.0. The van der Waals surface area contributed by atoms with E-state index in [2.05, 4.69) is 4.99 Å². The van der Waals surface area contributed by atoms with Crippen LogP contribution in [0.3, 0.4) is 0 Å². The third-order valence-corrected chi connectivity index (χ3v) is 3.92. The molecule has 0 aliphatic heterocycles. The number of benzene rings is 1. The molecule has 1 heterocycles. The van der Waals surface area contributed by atoms with E-state index in [4.69, 9.17) is 0 Å². The molecule has 3 nitrogen and oxygen atoms in total. The van der Waals surface area contributed by atoms with Crippen LogP contribution in [-0.2, 0) is 12.7 Å². The highest BCUT2D eigenvalue weighted by Crippen LogP contribution is 2.32. The van der Waals surface area contributed by atoms with Gasteiger partial charge >= 0.3 is 6.18 Å². The summed E-state index contributed by atoms with van der Waals surface area (Å²) in [5.74, 6) is -5.05. The monoisotopic (exact) mass is 374 g/mol. The lowest BCUT2D eigenvalue weighted by atomic mass is 10.1. The predicted octanol–water partition coefficient (Wildman–Crippen LogP) is 4.08. The molecule has 9 heteroatoms. The van der Waals surface area contributed by atoms with Gasteiger partial charge in [-0.1, -0.05) is 6.07 Å². The van der Waals surface area contributed by atoms with E-state index in [1.165, 1.54) is 0 Å². The average Bonchev–Trinajstić information content (AvgIpc) is 3.33. The van der Waals surface area contributed by atoms with Crippen LogP contribution in [0.5, 0.6) is 0 Å². The quantitative estimate of drug-likeness (QED) is 0.746. The van der Waals surface area contributed by atoms with E-state index in [0.717, 1.165) is 35.7 Å². The number of nitrogens with zero attached hydrogens (tertiary/aromatic N) is 2. The second-order valence-corrected chi connectivity index (χ2v) is 6.01. The number of alkyl halides is 3.